The molecule has 0 saturated heterocycles. The van der Waals surface area contributed by atoms with E-state index >= 15 is 0 Å². The fraction of sp³-hybridized carbons (Fsp3) is 0.200. The number of halogens is 4. The van der Waals surface area contributed by atoms with Crippen molar-refractivity contribution < 1.29 is 9.47 Å². The van der Waals surface area contributed by atoms with E-state index in [0.29, 0.717) is 26.6 Å². The number of hydrogen-bond donors (Lipinski definition) is 0. The number of methoxy groups -OCH3 is 2. The summed E-state index contributed by atoms with van der Waals surface area (Å²) in [5, 5.41) is 1.53. The number of ether oxygens (including phenoxy) is 2. The molecule has 1 atom stereocenters. The van der Waals surface area contributed by atoms with Crippen molar-refractivity contribution in [3.63, 3.8) is 0 Å². The van der Waals surface area contributed by atoms with Gasteiger partial charge in [-0.2, -0.15) is 0 Å². The summed E-state index contributed by atoms with van der Waals surface area (Å²) in [4.78, 5) is -0.212. The highest BCUT2D eigenvalue weighted by atomic mass is 79.9. The summed E-state index contributed by atoms with van der Waals surface area (Å²) in [5.74, 6) is 1.17. The Morgan fingerprint density at radius 2 is 1.52 bits per heavy atom. The molecule has 0 saturated carbocycles. The van der Waals surface area contributed by atoms with Gasteiger partial charge in [-0.25, -0.2) is 0 Å². The fourth-order valence-corrected chi connectivity index (χ4v) is 3.65. The van der Waals surface area contributed by atoms with E-state index in [1.54, 1.807) is 26.4 Å². The molecule has 0 aromatic heterocycles. The van der Waals surface area contributed by atoms with E-state index in [4.69, 9.17) is 44.3 Å². The third-order valence-electron chi connectivity index (χ3n) is 3.03. The van der Waals surface area contributed by atoms with Gasteiger partial charge in [0.15, 0.2) is 11.5 Å². The molecular formula is C15H12BrCl3O2. The lowest BCUT2D eigenvalue weighted by Gasteiger charge is -2.17. The van der Waals surface area contributed by atoms with Gasteiger partial charge >= 0.3 is 0 Å². The monoisotopic (exact) mass is 408 g/mol. The molecule has 0 bridgehead atoms. The minimum Gasteiger partial charge on any atom is -0.493 e. The first-order valence-electron chi connectivity index (χ1n) is 5.99. The highest BCUT2D eigenvalue weighted by Crippen LogP contribution is 2.44. The van der Waals surface area contributed by atoms with Crippen LogP contribution in [0.25, 0.3) is 0 Å². The Morgan fingerprint density at radius 1 is 0.905 bits per heavy atom. The summed E-state index contributed by atoms with van der Waals surface area (Å²) < 4.78 is 10.5. The summed E-state index contributed by atoms with van der Waals surface area (Å²) in [5.41, 5.74) is 1.65. The van der Waals surface area contributed by atoms with Crippen LogP contribution in [-0.2, 0) is 0 Å². The Kier molecular flexibility index (Phi) is 5.67. The van der Waals surface area contributed by atoms with Crippen LogP contribution in [0.3, 0.4) is 0 Å². The van der Waals surface area contributed by atoms with E-state index in [0.717, 1.165) is 11.1 Å². The molecule has 0 N–H and O–H groups in total. The van der Waals surface area contributed by atoms with Crippen LogP contribution >= 0.6 is 50.7 Å². The third kappa shape index (κ3) is 3.42. The number of alkyl halides is 1. The van der Waals surface area contributed by atoms with Crippen LogP contribution in [0, 0.1) is 0 Å². The molecule has 0 radical (unpaired) electrons. The van der Waals surface area contributed by atoms with E-state index in [2.05, 4.69) is 15.9 Å². The van der Waals surface area contributed by atoms with Gasteiger partial charge < -0.3 is 9.47 Å². The average molecular weight is 411 g/mol. The molecule has 21 heavy (non-hydrogen) atoms. The second-order valence-corrected chi connectivity index (χ2v) is 6.34. The van der Waals surface area contributed by atoms with Crippen molar-refractivity contribution in [2.75, 3.05) is 14.2 Å². The zero-order valence-electron chi connectivity index (χ0n) is 11.3. The van der Waals surface area contributed by atoms with Gasteiger partial charge in [-0.05, 0) is 23.3 Å². The maximum atomic E-state index is 6.33. The molecule has 0 spiro atoms. The van der Waals surface area contributed by atoms with Gasteiger partial charge in [-0.15, -0.1) is 0 Å². The van der Waals surface area contributed by atoms with E-state index < -0.39 is 0 Å². The standard InChI is InChI=1S/C15H12BrCl3O2/c1-20-12-6-9(11(18)7-13(12)21-2)14(16)8-4-3-5-10(17)15(8)19/h3-7,14H,1-2H3. The van der Waals surface area contributed by atoms with Crippen LogP contribution in [-0.4, -0.2) is 14.2 Å². The van der Waals surface area contributed by atoms with Gasteiger partial charge in [0.1, 0.15) is 0 Å². The Balaban J connectivity index is 2.53. The molecular weight excluding hydrogens is 398 g/mol. The van der Waals surface area contributed by atoms with Crippen molar-refractivity contribution in [1.29, 1.82) is 0 Å². The highest BCUT2D eigenvalue weighted by molar-refractivity contribution is 9.09. The highest BCUT2D eigenvalue weighted by Gasteiger charge is 2.20. The number of hydrogen-bond acceptors (Lipinski definition) is 2. The van der Waals surface area contributed by atoms with Crippen LogP contribution in [0.15, 0.2) is 30.3 Å². The summed E-state index contributed by atoms with van der Waals surface area (Å²) >= 11 is 22.3. The number of rotatable bonds is 4. The Hall–Kier alpha value is -0.610. The molecule has 2 aromatic carbocycles. The largest absolute Gasteiger partial charge is 0.493 e. The quantitative estimate of drug-likeness (QED) is 0.563. The van der Waals surface area contributed by atoms with Crippen LogP contribution in [0.2, 0.25) is 15.1 Å². The molecule has 112 valence electrons. The van der Waals surface area contributed by atoms with Gasteiger partial charge in [0.05, 0.1) is 29.1 Å². The fourth-order valence-electron chi connectivity index (χ4n) is 1.95. The molecule has 0 aliphatic heterocycles. The van der Waals surface area contributed by atoms with Gasteiger partial charge in [0.2, 0.25) is 0 Å². The SMILES string of the molecule is COc1cc(Cl)c(C(Br)c2cccc(Cl)c2Cl)cc1OC. The molecule has 6 heteroatoms. The van der Waals surface area contributed by atoms with Crippen LogP contribution < -0.4 is 9.47 Å². The first-order valence-corrected chi connectivity index (χ1v) is 8.04. The van der Waals surface area contributed by atoms with E-state index in [9.17, 15) is 0 Å². The van der Waals surface area contributed by atoms with Gasteiger partial charge in [0, 0.05) is 11.1 Å². The predicted molar refractivity (Wildman–Crippen MR) is 91.8 cm³/mol. The molecule has 0 heterocycles. The van der Waals surface area contributed by atoms with Crippen LogP contribution in [0.5, 0.6) is 11.5 Å². The third-order valence-corrected chi connectivity index (χ3v) is 5.18. The first-order chi connectivity index (χ1) is 9.99. The zero-order valence-corrected chi connectivity index (χ0v) is 15.1. The molecule has 0 fully saturated rings. The molecule has 0 aliphatic carbocycles. The van der Waals surface area contributed by atoms with Crippen molar-refractivity contribution in [2.45, 2.75) is 4.83 Å². The molecule has 0 amide bonds. The van der Waals surface area contributed by atoms with E-state index in [1.165, 1.54) is 0 Å². The maximum absolute atomic E-state index is 6.33. The van der Waals surface area contributed by atoms with Crippen molar-refractivity contribution >= 4 is 50.7 Å². The van der Waals surface area contributed by atoms with E-state index in [-0.39, 0.29) is 4.83 Å². The zero-order chi connectivity index (χ0) is 15.6. The second kappa shape index (κ2) is 7.10. The van der Waals surface area contributed by atoms with Crippen molar-refractivity contribution in [3.8, 4) is 11.5 Å². The molecule has 2 nitrogen and oxygen atoms in total. The maximum Gasteiger partial charge on any atom is 0.162 e. The first kappa shape index (κ1) is 16.8. The topological polar surface area (TPSA) is 18.5 Å². The second-order valence-electron chi connectivity index (χ2n) is 4.23. The smallest absolute Gasteiger partial charge is 0.162 e. The minimum absolute atomic E-state index is 0.212. The lowest BCUT2D eigenvalue weighted by Crippen LogP contribution is -1.98. The Morgan fingerprint density at radius 3 is 2.14 bits per heavy atom. The van der Waals surface area contributed by atoms with Crippen LogP contribution in [0.4, 0.5) is 0 Å². The van der Waals surface area contributed by atoms with Gasteiger partial charge in [-0.1, -0.05) is 62.9 Å². The van der Waals surface area contributed by atoms with Crippen molar-refractivity contribution in [2.24, 2.45) is 0 Å². The number of benzene rings is 2. The van der Waals surface area contributed by atoms with E-state index in [1.807, 2.05) is 18.2 Å². The normalized spacial score (nSPS) is 12.1. The van der Waals surface area contributed by atoms with Gasteiger partial charge in [-0.3, -0.25) is 0 Å². The van der Waals surface area contributed by atoms with Crippen LogP contribution in [0.1, 0.15) is 16.0 Å². The minimum atomic E-state index is -0.212. The summed E-state index contributed by atoms with van der Waals surface area (Å²) in [6.07, 6.45) is 0. The summed E-state index contributed by atoms with van der Waals surface area (Å²) in [6.45, 7) is 0. The Labute approximate surface area is 147 Å². The molecule has 2 rings (SSSR count). The molecule has 0 aliphatic rings. The predicted octanol–water partition coefficient (Wildman–Crippen LogP) is 6.15. The lowest BCUT2D eigenvalue weighted by atomic mass is 10.0. The molecule has 2 aromatic rings. The van der Waals surface area contributed by atoms with Crippen molar-refractivity contribution in [1.82, 2.24) is 0 Å². The van der Waals surface area contributed by atoms with Gasteiger partial charge in [0.25, 0.3) is 0 Å². The lowest BCUT2D eigenvalue weighted by molar-refractivity contribution is 0.354. The summed E-state index contributed by atoms with van der Waals surface area (Å²) in [6, 6.07) is 9.00. The Bertz CT molecular complexity index is 662. The van der Waals surface area contributed by atoms with Crippen molar-refractivity contribution in [3.05, 3.63) is 56.5 Å². The molecule has 1 unspecified atom stereocenters. The summed E-state index contributed by atoms with van der Waals surface area (Å²) in [7, 11) is 3.14. The average Bonchev–Trinajstić information content (AvgIpc) is 2.49.